The number of benzene rings is 1. The maximum Gasteiger partial charge on any atom is 0.186 e. The molecule has 0 spiro atoms. The fourth-order valence-electron chi connectivity index (χ4n) is 3.01. The van der Waals surface area contributed by atoms with Crippen molar-refractivity contribution in [2.24, 2.45) is 0 Å². The minimum atomic E-state index is 0.0485. The number of hydrogen-bond donors (Lipinski definition) is 1. The Morgan fingerprint density at radius 3 is 2.76 bits per heavy atom. The van der Waals surface area contributed by atoms with Crippen molar-refractivity contribution in [1.82, 2.24) is 20.2 Å². The lowest BCUT2D eigenvalue weighted by molar-refractivity contribution is 0.118. The molecule has 0 radical (unpaired) electrons. The van der Waals surface area contributed by atoms with Crippen molar-refractivity contribution in [2.45, 2.75) is 45.1 Å². The first-order chi connectivity index (χ1) is 10.2. The summed E-state index contributed by atoms with van der Waals surface area (Å²) >= 11 is 0. The zero-order chi connectivity index (χ0) is 14.9. The largest absolute Gasteiger partial charge is 0.491 e. The molecule has 1 aliphatic carbocycles. The Labute approximate surface area is 124 Å². The summed E-state index contributed by atoms with van der Waals surface area (Å²) in [5, 5.41) is 12.4. The van der Waals surface area contributed by atoms with E-state index in [1.54, 1.807) is 0 Å². The molecular formula is C15H21N5O. The summed E-state index contributed by atoms with van der Waals surface area (Å²) in [5.74, 6) is 1.41. The summed E-state index contributed by atoms with van der Waals surface area (Å²) in [6.45, 7) is 4.69. The molecule has 1 fully saturated rings. The van der Waals surface area contributed by atoms with Crippen molar-refractivity contribution in [3.63, 3.8) is 0 Å². The Balaban J connectivity index is 2.10. The van der Waals surface area contributed by atoms with Gasteiger partial charge in [-0.1, -0.05) is 13.0 Å². The summed E-state index contributed by atoms with van der Waals surface area (Å²) in [6.07, 6.45) is 4.49. The van der Waals surface area contributed by atoms with Gasteiger partial charge in [-0.25, -0.2) is 4.68 Å². The maximum absolute atomic E-state index is 6.05. The summed E-state index contributed by atoms with van der Waals surface area (Å²) < 4.78 is 7.68. The van der Waals surface area contributed by atoms with Crippen LogP contribution in [-0.2, 0) is 5.54 Å². The zero-order valence-electron chi connectivity index (χ0n) is 12.5. The number of nitrogens with two attached hydrogens (primary N) is 1. The van der Waals surface area contributed by atoms with E-state index in [-0.39, 0.29) is 5.54 Å². The van der Waals surface area contributed by atoms with Gasteiger partial charge in [-0.05, 0) is 55.2 Å². The van der Waals surface area contributed by atoms with Crippen LogP contribution >= 0.6 is 0 Å². The quantitative estimate of drug-likeness (QED) is 0.855. The molecule has 1 aromatic heterocycles. The fourth-order valence-corrected chi connectivity index (χ4v) is 3.01. The van der Waals surface area contributed by atoms with Gasteiger partial charge in [0.2, 0.25) is 0 Å². The second-order valence-corrected chi connectivity index (χ2v) is 5.50. The van der Waals surface area contributed by atoms with Crippen molar-refractivity contribution in [3.8, 4) is 17.1 Å². The molecule has 0 saturated heterocycles. The van der Waals surface area contributed by atoms with Gasteiger partial charge < -0.3 is 10.5 Å². The highest BCUT2D eigenvalue weighted by molar-refractivity contribution is 5.73. The van der Waals surface area contributed by atoms with Crippen molar-refractivity contribution in [3.05, 3.63) is 18.2 Å². The number of nitrogen functional groups attached to an aromatic ring is 1. The van der Waals surface area contributed by atoms with Gasteiger partial charge in [0.25, 0.3) is 0 Å². The van der Waals surface area contributed by atoms with Crippen LogP contribution < -0.4 is 10.5 Å². The first kappa shape index (κ1) is 13.9. The highest BCUT2D eigenvalue weighted by Gasteiger charge is 2.40. The van der Waals surface area contributed by atoms with E-state index in [0.29, 0.717) is 18.0 Å². The Morgan fingerprint density at radius 1 is 1.33 bits per heavy atom. The van der Waals surface area contributed by atoms with E-state index >= 15 is 0 Å². The second-order valence-electron chi connectivity index (χ2n) is 5.50. The molecule has 6 heteroatoms. The maximum atomic E-state index is 6.05. The molecule has 1 aromatic carbocycles. The van der Waals surface area contributed by atoms with Gasteiger partial charge >= 0.3 is 0 Å². The number of ether oxygens (including phenoxy) is 1. The summed E-state index contributed by atoms with van der Waals surface area (Å²) in [7, 11) is 0. The minimum absolute atomic E-state index is 0.0485. The van der Waals surface area contributed by atoms with E-state index in [0.717, 1.165) is 30.7 Å². The molecule has 0 aliphatic heterocycles. The third-order valence-corrected chi connectivity index (χ3v) is 4.44. The molecule has 21 heavy (non-hydrogen) atoms. The molecule has 2 aromatic rings. The third-order valence-electron chi connectivity index (χ3n) is 4.44. The summed E-state index contributed by atoms with van der Waals surface area (Å²) in [4.78, 5) is 0. The van der Waals surface area contributed by atoms with Crippen LogP contribution in [0.2, 0.25) is 0 Å². The van der Waals surface area contributed by atoms with E-state index in [1.165, 1.54) is 6.42 Å². The van der Waals surface area contributed by atoms with Crippen LogP contribution in [0.3, 0.4) is 0 Å². The van der Waals surface area contributed by atoms with Gasteiger partial charge in [0, 0.05) is 0 Å². The average molecular weight is 287 g/mol. The van der Waals surface area contributed by atoms with Gasteiger partial charge in [0.1, 0.15) is 0 Å². The molecule has 112 valence electrons. The normalized spacial score (nSPS) is 16.5. The number of para-hydroxylation sites is 1. The molecule has 1 heterocycles. The number of nitrogens with zero attached hydrogens (tertiary/aromatic N) is 4. The average Bonchev–Trinajstić information content (AvgIpc) is 2.90. The third kappa shape index (κ3) is 2.14. The van der Waals surface area contributed by atoms with Gasteiger partial charge in [-0.3, -0.25) is 0 Å². The van der Waals surface area contributed by atoms with Crippen LogP contribution in [0.5, 0.6) is 5.75 Å². The van der Waals surface area contributed by atoms with Crippen molar-refractivity contribution in [2.75, 3.05) is 12.3 Å². The van der Waals surface area contributed by atoms with Gasteiger partial charge in [-0.2, -0.15) is 0 Å². The van der Waals surface area contributed by atoms with Crippen LogP contribution in [0.25, 0.3) is 11.4 Å². The molecule has 1 saturated carbocycles. The lowest BCUT2D eigenvalue weighted by Crippen LogP contribution is -2.41. The summed E-state index contributed by atoms with van der Waals surface area (Å²) in [6, 6.07) is 5.71. The first-order valence-corrected chi connectivity index (χ1v) is 7.52. The van der Waals surface area contributed by atoms with Crippen molar-refractivity contribution < 1.29 is 4.74 Å². The molecule has 3 rings (SSSR count). The predicted molar refractivity (Wildman–Crippen MR) is 81.0 cm³/mol. The number of aromatic nitrogens is 4. The van der Waals surface area contributed by atoms with Crippen LogP contribution in [0.4, 0.5) is 5.69 Å². The Hall–Kier alpha value is -2.11. The fraction of sp³-hybridized carbons (Fsp3) is 0.533. The van der Waals surface area contributed by atoms with E-state index in [2.05, 4.69) is 22.4 Å². The molecule has 1 aliphatic rings. The molecule has 2 N–H and O–H groups in total. The zero-order valence-corrected chi connectivity index (χ0v) is 12.5. The summed E-state index contributed by atoms with van der Waals surface area (Å²) in [5.41, 5.74) is 7.57. The van der Waals surface area contributed by atoms with E-state index in [4.69, 9.17) is 10.5 Å². The van der Waals surface area contributed by atoms with Crippen molar-refractivity contribution in [1.29, 1.82) is 0 Å². The topological polar surface area (TPSA) is 78.8 Å². The van der Waals surface area contributed by atoms with E-state index in [1.807, 2.05) is 29.8 Å². The molecule has 0 unspecified atom stereocenters. The molecule has 6 nitrogen and oxygen atoms in total. The molecule has 0 atom stereocenters. The van der Waals surface area contributed by atoms with Gasteiger partial charge in [-0.15, -0.1) is 5.10 Å². The number of tetrazole rings is 1. The number of rotatable bonds is 5. The van der Waals surface area contributed by atoms with Crippen LogP contribution in [0.15, 0.2) is 18.2 Å². The molecular weight excluding hydrogens is 266 g/mol. The lowest BCUT2D eigenvalue weighted by Gasteiger charge is -2.41. The molecule has 0 amide bonds. The number of anilines is 1. The van der Waals surface area contributed by atoms with Crippen LogP contribution in [-0.4, -0.2) is 26.8 Å². The molecule has 0 bridgehead atoms. The second kappa shape index (κ2) is 5.35. The number of hydrogen-bond acceptors (Lipinski definition) is 5. The monoisotopic (exact) mass is 287 g/mol. The standard InChI is InChI=1S/C15H21N5O/c1-3-15(9-6-10-15)20-14(17-18-19-20)11-7-5-8-12(16)13(11)21-4-2/h5,7-8H,3-4,6,9-10,16H2,1-2H3. The van der Waals surface area contributed by atoms with Crippen LogP contribution in [0.1, 0.15) is 39.5 Å². The Kier molecular flexibility index (Phi) is 3.53. The Bertz CT molecular complexity index is 627. The smallest absolute Gasteiger partial charge is 0.186 e. The van der Waals surface area contributed by atoms with Crippen molar-refractivity contribution >= 4 is 5.69 Å². The predicted octanol–water partition coefficient (Wildman–Crippen LogP) is 2.61. The van der Waals surface area contributed by atoms with E-state index < -0.39 is 0 Å². The van der Waals surface area contributed by atoms with Gasteiger partial charge in [0.15, 0.2) is 11.6 Å². The minimum Gasteiger partial charge on any atom is -0.491 e. The first-order valence-electron chi connectivity index (χ1n) is 7.52. The Morgan fingerprint density at radius 2 is 2.14 bits per heavy atom. The highest BCUT2D eigenvalue weighted by atomic mass is 16.5. The van der Waals surface area contributed by atoms with Crippen LogP contribution in [0, 0.1) is 0 Å². The van der Waals surface area contributed by atoms with E-state index in [9.17, 15) is 0 Å². The lowest BCUT2D eigenvalue weighted by atomic mass is 9.75. The highest BCUT2D eigenvalue weighted by Crippen LogP contribution is 2.44. The SMILES string of the molecule is CCOc1c(N)cccc1-c1nnnn1C1(CC)CCC1. The van der Waals surface area contributed by atoms with Gasteiger partial charge in [0.05, 0.1) is 23.4 Å².